The average molecular weight is 415 g/mol. The average Bonchev–Trinajstić information content (AvgIpc) is 2.72. The Bertz CT molecular complexity index is 838. The molecule has 0 unspecified atom stereocenters. The van der Waals surface area contributed by atoms with Gasteiger partial charge in [-0.15, -0.1) is 0 Å². The second-order valence-electron chi connectivity index (χ2n) is 6.77. The minimum absolute atomic E-state index is 0.203. The number of benzene rings is 2. The van der Waals surface area contributed by atoms with Gasteiger partial charge >= 0.3 is 6.03 Å². The van der Waals surface area contributed by atoms with Gasteiger partial charge in [-0.05, 0) is 55.8 Å². The van der Waals surface area contributed by atoms with Crippen LogP contribution in [0.4, 0.5) is 21.9 Å². The minimum Gasteiger partial charge on any atom is -0.494 e. The number of methoxy groups -OCH3 is 1. The maximum Gasteiger partial charge on any atom is 0.323 e. The van der Waals surface area contributed by atoms with Crippen LogP contribution in [0, 0.1) is 0 Å². The van der Waals surface area contributed by atoms with Crippen LogP contribution >= 0.6 is 0 Å². The Morgan fingerprint density at radius 2 is 1.67 bits per heavy atom. The normalized spacial score (nSPS) is 10.3. The summed E-state index contributed by atoms with van der Waals surface area (Å²) in [4.78, 5) is 26.8. The zero-order valence-electron chi connectivity index (χ0n) is 18.0. The van der Waals surface area contributed by atoms with Gasteiger partial charge in [0.2, 0.25) is 0 Å². The van der Waals surface area contributed by atoms with E-state index < -0.39 is 6.03 Å². The molecule has 0 spiro atoms. The van der Waals surface area contributed by atoms with Crippen molar-refractivity contribution in [1.29, 1.82) is 0 Å². The van der Waals surface area contributed by atoms with Crippen LogP contribution in [0.1, 0.15) is 23.7 Å². The molecule has 30 heavy (non-hydrogen) atoms. The molecule has 0 aliphatic rings. The number of carbonyl (C=O) groups is 2. The lowest BCUT2D eigenvalue weighted by Gasteiger charge is -2.18. The molecule has 2 aromatic carbocycles. The second-order valence-corrected chi connectivity index (χ2v) is 6.77. The number of amides is 3. The highest BCUT2D eigenvalue weighted by Gasteiger charge is 2.14. The van der Waals surface area contributed by atoms with Crippen LogP contribution < -0.4 is 25.6 Å². The van der Waals surface area contributed by atoms with Crippen LogP contribution in [0.25, 0.3) is 0 Å². The number of hydrogen-bond acceptors (Lipinski definition) is 5. The van der Waals surface area contributed by atoms with Crippen molar-refractivity contribution in [2.45, 2.75) is 13.3 Å². The van der Waals surface area contributed by atoms with E-state index in [2.05, 4.69) is 16.0 Å². The second kappa shape index (κ2) is 11.7. The summed E-state index contributed by atoms with van der Waals surface area (Å²) in [6.45, 7) is 3.58. The standard InChI is InChI=1S/C22H30N4O4/c1-5-30-18-10-7-16(8-11-18)24-22(28)25-17-9-12-20(26(2)3)19(15-17)21(27)23-13-6-14-29-4/h7-12,15H,5-6,13-14H2,1-4H3,(H,23,27)(H2,24,25,28). The number of urea groups is 1. The first-order valence-corrected chi connectivity index (χ1v) is 9.84. The van der Waals surface area contributed by atoms with Crippen LogP contribution in [0.5, 0.6) is 5.75 Å². The lowest BCUT2D eigenvalue weighted by molar-refractivity contribution is 0.0949. The van der Waals surface area contributed by atoms with Crippen molar-refractivity contribution >= 4 is 29.0 Å². The molecule has 0 heterocycles. The van der Waals surface area contributed by atoms with Gasteiger partial charge in [0.25, 0.3) is 5.91 Å². The third-order valence-corrected chi connectivity index (χ3v) is 4.21. The molecule has 8 nitrogen and oxygen atoms in total. The highest BCUT2D eigenvalue weighted by Crippen LogP contribution is 2.23. The van der Waals surface area contributed by atoms with Crippen LogP contribution in [0.2, 0.25) is 0 Å². The third kappa shape index (κ3) is 6.97. The maximum absolute atomic E-state index is 12.6. The van der Waals surface area contributed by atoms with Crippen molar-refractivity contribution < 1.29 is 19.1 Å². The molecule has 0 fully saturated rings. The topological polar surface area (TPSA) is 91.9 Å². The smallest absolute Gasteiger partial charge is 0.323 e. The Hall–Kier alpha value is -3.26. The van der Waals surface area contributed by atoms with Gasteiger partial charge in [0.05, 0.1) is 12.2 Å². The van der Waals surface area contributed by atoms with Crippen molar-refractivity contribution in [3.63, 3.8) is 0 Å². The van der Waals surface area contributed by atoms with E-state index in [1.165, 1.54) is 0 Å². The van der Waals surface area contributed by atoms with E-state index in [1.807, 2.05) is 25.9 Å². The van der Waals surface area contributed by atoms with E-state index in [1.54, 1.807) is 49.6 Å². The third-order valence-electron chi connectivity index (χ3n) is 4.21. The molecule has 2 aromatic rings. The van der Waals surface area contributed by atoms with Crippen LogP contribution in [0.15, 0.2) is 42.5 Å². The molecule has 0 atom stereocenters. The molecule has 162 valence electrons. The summed E-state index contributed by atoms with van der Waals surface area (Å²) < 4.78 is 10.4. The van der Waals surface area contributed by atoms with E-state index in [0.717, 1.165) is 17.9 Å². The summed E-state index contributed by atoms with van der Waals surface area (Å²) in [6.07, 6.45) is 0.724. The molecule has 0 bridgehead atoms. The summed E-state index contributed by atoms with van der Waals surface area (Å²) in [5.41, 5.74) is 2.40. The van der Waals surface area contributed by atoms with Gasteiger partial charge in [-0.25, -0.2) is 4.79 Å². The van der Waals surface area contributed by atoms with Gasteiger partial charge in [0, 0.05) is 51.4 Å². The van der Waals surface area contributed by atoms with Gasteiger partial charge in [0.15, 0.2) is 0 Å². The van der Waals surface area contributed by atoms with E-state index in [-0.39, 0.29) is 5.91 Å². The van der Waals surface area contributed by atoms with Crippen LogP contribution in [-0.2, 0) is 4.74 Å². The van der Waals surface area contributed by atoms with Gasteiger partial charge in [-0.2, -0.15) is 0 Å². The molecular weight excluding hydrogens is 384 g/mol. The van der Waals surface area contributed by atoms with E-state index in [0.29, 0.717) is 36.7 Å². The first-order valence-electron chi connectivity index (χ1n) is 9.84. The monoisotopic (exact) mass is 414 g/mol. The molecule has 0 saturated carbocycles. The highest BCUT2D eigenvalue weighted by molar-refractivity contribution is 6.03. The summed E-state index contributed by atoms with van der Waals surface area (Å²) >= 11 is 0. The summed E-state index contributed by atoms with van der Waals surface area (Å²) in [5, 5.41) is 8.41. The molecule has 0 saturated heterocycles. The van der Waals surface area contributed by atoms with E-state index in [9.17, 15) is 9.59 Å². The summed E-state index contributed by atoms with van der Waals surface area (Å²) in [5.74, 6) is 0.536. The highest BCUT2D eigenvalue weighted by atomic mass is 16.5. The van der Waals surface area contributed by atoms with Crippen LogP contribution in [0.3, 0.4) is 0 Å². The summed E-state index contributed by atoms with van der Waals surface area (Å²) in [7, 11) is 5.35. The van der Waals surface area contributed by atoms with Crippen molar-refractivity contribution in [2.75, 3.05) is 56.5 Å². The molecule has 0 aromatic heterocycles. The minimum atomic E-state index is -0.400. The van der Waals surface area contributed by atoms with Crippen LogP contribution in [-0.4, -0.2) is 52.9 Å². The largest absolute Gasteiger partial charge is 0.494 e. The van der Waals surface area contributed by atoms with Gasteiger partial charge in [0.1, 0.15) is 5.75 Å². The first kappa shape index (κ1) is 23.0. The number of nitrogens with zero attached hydrogens (tertiary/aromatic N) is 1. The maximum atomic E-state index is 12.6. The fourth-order valence-corrected chi connectivity index (χ4v) is 2.79. The SMILES string of the molecule is CCOc1ccc(NC(=O)Nc2ccc(N(C)C)c(C(=O)NCCCOC)c2)cc1. The fourth-order valence-electron chi connectivity index (χ4n) is 2.79. The predicted octanol–water partition coefficient (Wildman–Crippen LogP) is 3.56. The predicted molar refractivity (Wildman–Crippen MR) is 120 cm³/mol. The lowest BCUT2D eigenvalue weighted by atomic mass is 10.1. The Labute approximate surface area is 177 Å². The molecule has 8 heteroatoms. The molecule has 3 N–H and O–H groups in total. The van der Waals surface area contributed by atoms with Gasteiger partial charge < -0.3 is 30.3 Å². The quantitative estimate of drug-likeness (QED) is 0.517. The van der Waals surface area contributed by atoms with Crippen molar-refractivity contribution in [1.82, 2.24) is 5.32 Å². The van der Waals surface area contributed by atoms with E-state index in [4.69, 9.17) is 9.47 Å². The summed E-state index contributed by atoms with van der Waals surface area (Å²) in [6, 6.07) is 11.9. The molecule has 0 aliphatic carbocycles. The van der Waals surface area contributed by atoms with Crippen molar-refractivity contribution in [2.24, 2.45) is 0 Å². The van der Waals surface area contributed by atoms with Gasteiger partial charge in [-0.1, -0.05) is 0 Å². The zero-order valence-corrected chi connectivity index (χ0v) is 18.0. The van der Waals surface area contributed by atoms with Gasteiger partial charge in [-0.3, -0.25) is 4.79 Å². The number of rotatable bonds is 10. The fraction of sp³-hybridized carbons (Fsp3) is 0.364. The molecular formula is C22H30N4O4. The Kier molecular flexibility index (Phi) is 8.96. The first-order chi connectivity index (χ1) is 14.4. The lowest BCUT2D eigenvalue weighted by Crippen LogP contribution is -2.27. The molecule has 0 aliphatic heterocycles. The Balaban J connectivity index is 2.05. The van der Waals surface area contributed by atoms with E-state index >= 15 is 0 Å². The number of ether oxygens (including phenoxy) is 2. The number of hydrogen-bond donors (Lipinski definition) is 3. The number of carbonyl (C=O) groups excluding carboxylic acids is 2. The van der Waals surface area contributed by atoms with Crippen molar-refractivity contribution in [3.8, 4) is 5.75 Å². The Morgan fingerprint density at radius 1 is 1.00 bits per heavy atom. The van der Waals surface area contributed by atoms with Crippen molar-refractivity contribution in [3.05, 3.63) is 48.0 Å². The molecule has 3 amide bonds. The zero-order chi connectivity index (χ0) is 21.9. The molecule has 2 rings (SSSR count). The number of anilines is 3. The Morgan fingerprint density at radius 3 is 2.30 bits per heavy atom. The number of nitrogens with one attached hydrogen (secondary N) is 3. The molecule has 0 radical (unpaired) electrons.